The van der Waals surface area contributed by atoms with Gasteiger partial charge >= 0.3 is 0 Å². The van der Waals surface area contributed by atoms with Gasteiger partial charge in [-0.15, -0.1) is 23.5 Å². The van der Waals surface area contributed by atoms with Gasteiger partial charge in [0.2, 0.25) is 0 Å². The second kappa shape index (κ2) is 9.16. The molecule has 0 aliphatic carbocycles. The maximum atomic E-state index is 13.3. The normalized spacial score (nSPS) is 21.6. The van der Waals surface area contributed by atoms with E-state index in [0.717, 1.165) is 24.9 Å². The van der Waals surface area contributed by atoms with Gasteiger partial charge in [0, 0.05) is 24.5 Å². The first-order valence-electron chi connectivity index (χ1n) is 9.87. The Bertz CT molecular complexity index is 745. The van der Waals surface area contributed by atoms with Crippen LogP contribution in [0.1, 0.15) is 64.2 Å². The number of aromatic nitrogens is 1. The third-order valence-corrected chi connectivity index (χ3v) is 8.38. The molecule has 1 atom stereocenters. The Morgan fingerprint density at radius 3 is 2.37 bits per heavy atom. The highest BCUT2D eigenvalue weighted by Gasteiger charge is 2.27. The van der Waals surface area contributed by atoms with Crippen LogP contribution in [0.5, 0.6) is 0 Å². The first kappa shape index (κ1) is 18.9. The zero-order valence-corrected chi connectivity index (χ0v) is 17.2. The Morgan fingerprint density at radius 2 is 1.63 bits per heavy atom. The molecule has 0 spiro atoms. The fourth-order valence-corrected chi connectivity index (χ4v) is 6.81. The number of benzene rings is 1. The van der Waals surface area contributed by atoms with E-state index in [2.05, 4.69) is 34.1 Å². The van der Waals surface area contributed by atoms with E-state index >= 15 is 0 Å². The fraction of sp³-hybridized carbons (Fsp3) is 0.455. The van der Waals surface area contributed by atoms with Gasteiger partial charge in [-0.05, 0) is 66.2 Å². The molecule has 5 heteroatoms. The zero-order valence-electron chi connectivity index (χ0n) is 15.5. The SMILES string of the molecule is O=C(c1ccc(C2SCCCS2)cc1)N1CCCCCC1c1ccncc1. The summed E-state index contributed by atoms with van der Waals surface area (Å²) >= 11 is 4.04. The van der Waals surface area contributed by atoms with Crippen LogP contribution >= 0.6 is 23.5 Å². The minimum atomic E-state index is 0.159. The summed E-state index contributed by atoms with van der Waals surface area (Å²) in [4.78, 5) is 19.5. The second-order valence-corrected chi connectivity index (χ2v) is 9.92. The average molecular weight is 399 g/mol. The number of pyridine rings is 1. The van der Waals surface area contributed by atoms with E-state index in [9.17, 15) is 4.79 Å². The maximum absolute atomic E-state index is 13.3. The largest absolute Gasteiger partial charge is 0.332 e. The van der Waals surface area contributed by atoms with Crippen LogP contribution in [-0.2, 0) is 0 Å². The minimum Gasteiger partial charge on any atom is -0.332 e. The molecule has 27 heavy (non-hydrogen) atoms. The molecule has 142 valence electrons. The number of likely N-dealkylation sites (tertiary alicyclic amines) is 1. The molecule has 1 unspecified atom stereocenters. The van der Waals surface area contributed by atoms with Crippen LogP contribution in [0.4, 0.5) is 0 Å². The third kappa shape index (κ3) is 4.52. The molecule has 0 bridgehead atoms. The van der Waals surface area contributed by atoms with Crippen molar-refractivity contribution in [3.05, 3.63) is 65.5 Å². The monoisotopic (exact) mass is 398 g/mol. The number of thioether (sulfide) groups is 2. The van der Waals surface area contributed by atoms with Crippen molar-refractivity contribution in [1.82, 2.24) is 9.88 Å². The standard InChI is InChI=1S/C22H26N2OS2/c25-21(18-6-8-19(9-7-18)22-26-15-4-16-27-22)24-14-3-1-2-5-20(24)17-10-12-23-13-11-17/h6-13,20,22H,1-5,14-16H2. The molecular weight excluding hydrogens is 372 g/mol. The highest BCUT2D eigenvalue weighted by atomic mass is 32.2. The van der Waals surface area contributed by atoms with Gasteiger partial charge < -0.3 is 4.90 Å². The summed E-state index contributed by atoms with van der Waals surface area (Å²) in [5, 5.41) is 0. The number of rotatable bonds is 3. The first-order chi connectivity index (χ1) is 13.3. The molecule has 3 heterocycles. The third-order valence-electron chi connectivity index (χ3n) is 5.36. The van der Waals surface area contributed by atoms with E-state index in [1.807, 2.05) is 48.1 Å². The van der Waals surface area contributed by atoms with Gasteiger partial charge in [-0.2, -0.15) is 0 Å². The number of hydrogen-bond donors (Lipinski definition) is 0. The molecule has 0 N–H and O–H groups in total. The molecule has 0 radical (unpaired) electrons. The van der Waals surface area contributed by atoms with Gasteiger partial charge in [0.25, 0.3) is 5.91 Å². The molecule has 1 aromatic carbocycles. The Balaban J connectivity index is 1.54. The quantitative estimate of drug-likeness (QED) is 0.663. The number of hydrogen-bond acceptors (Lipinski definition) is 4. The van der Waals surface area contributed by atoms with Crippen LogP contribution in [0, 0.1) is 0 Å². The molecule has 2 fully saturated rings. The second-order valence-electron chi connectivity index (χ2n) is 7.19. The number of nitrogens with zero attached hydrogens (tertiary/aromatic N) is 2. The molecular formula is C22H26N2OS2. The van der Waals surface area contributed by atoms with Crippen molar-refractivity contribution >= 4 is 29.4 Å². The number of carbonyl (C=O) groups is 1. The van der Waals surface area contributed by atoms with Crippen LogP contribution in [-0.4, -0.2) is 33.8 Å². The summed E-state index contributed by atoms with van der Waals surface area (Å²) in [6.07, 6.45) is 9.44. The first-order valence-corrected chi connectivity index (χ1v) is 12.0. The van der Waals surface area contributed by atoms with Crippen molar-refractivity contribution in [2.75, 3.05) is 18.1 Å². The molecule has 2 saturated heterocycles. The highest BCUT2D eigenvalue weighted by molar-refractivity contribution is 8.16. The van der Waals surface area contributed by atoms with Crippen LogP contribution in [0.15, 0.2) is 48.8 Å². The lowest BCUT2D eigenvalue weighted by atomic mass is 10.0. The van der Waals surface area contributed by atoms with Gasteiger partial charge in [-0.3, -0.25) is 9.78 Å². The fourth-order valence-electron chi connectivity index (χ4n) is 3.91. The Labute approximate surface area is 170 Å². The van der Waals surface area contributed by atoms with E-state index in [1.165, 1.54) is 41.9 Å². The summed E-state index contributed by atoms with van der Waals surface area (Å²) in [7, 11) is 0. The summed E-state index contributed by atoms with van der Waals surface area (Å²) < 4.78 is 0.519. The van der Waals surface area contributed by atoms with E-state index < -0.39 is 0 Å². The summed E-state index contributed by atoms with van der Waals surface area (Å²) in [5.41, 5.74) is 3.35. The van der Waals surface area contributed by atoms with Crippen molar-refractivity contribution in [2.24, 2.45) is 0 Å². The Kier molecular flexibility index (Phi) is 6.40. The molecule has 2 aliphatic heterocycles. The van der Waals surface area contributed by atoms with Gasteiger partial charge in [-0.25, -0.2) is 0 Å². The summed E-state index contributed by atoms with van der Waals surface area (Å²) in [6.45, 7) is 0.835. The summed E-state index contributed by atoms with van der Waals surface area (Å²) in [5.74, 6) is 2.63. The molecule has 4 rings (SSSR count). The molecule has 1 amide bonds. The van der Waals surface area contributed by atoms with Gasteiger partial charge in [0.05, 0.1) is 10.6 Å². The lowest BCUT2D eigenvalue weighted by Crippen LogP contribution is -2.34. The van der Waals surface area contributed by atoms with E-state index in [1.54, 1.807) is 0 Å². The highest BCUT2D eigenvalue weighted by Crippen LogP contribution is 2.43. The van der Waals surface area contributed by atoms with Crippen LogP contribution in [0.3, 0.4) is 0 Å². The van der Waals surface area contributed by atoms with Crippen molar-refractivity contribution in [3.63, 3.8) is 0 Å². The zero-order chi connectivity index (χ0) is 18.5. The molecule has 1 aromatic heterocycles. The van der Waals surface area contributed by atoms with Gasteiger partial charge in [-0.1, -0.05) is 25.0 Å². The van der Waals surface area contributed by atoms with Crippen LogP contribution < -0.4 is 0 Å². The minimum absolute atomic E-state index is 0.159. The summed E-state index contributed by atoms with van der Waals surface area (Å²) in [6, 6.07) is 12.6. The Morgan fingerprint density at radius 1 is 0.889 bits per heavy atom. The maximum Gasteiger partial charge on any atom is 0.254 e. The Hall–Kier alpha value is -1.46. The van der Waals surface area contributed by atoms with E-state index in [4.69, 9.17) is 0 Å². The van der Waals surface area contributed by atoms with E-state index in [0.29, 0.717) is 4.58 Å². The molecule has 2 aromatic rings. The predicted molar refractivity (Wildman–Crippen MR) is 115 cm³/mol. The smallest absolute Gasteiger partial charge is 0.254 e. The van der Waals surface area contributed by atoms with Crippen molar-refractivity contribution in [2.45, 2.75) is 42.7 Å². The van der Waals surface area contributed by atoms with Gasteiger partial charge in [0.15, 0.2) is 0 Å². The molecule has 0 saturated carbocycles. The van der Waals surface area contributed by atoms with Crippen molar-refractivity contribution in [1.29, 1.82) is 0 Å². The molecule has 3 nitrogen and oxygen atoms in total. The van der Waals surface area contributed by atoms with Crippen molar-refractivity contribution < 1.29 is 4.79 Å². The number of carbonyl (C=O) groups excluding carboxylic acids is 1. The predicted octanol–water partition coefficient (Wildman–Crippen LogP) is 5.71. The molecule has 2 aliphatic rings. The van der Waals surface area contributed by atoms with Gasteiger partial charge in [0.1, 0.15) is 0 Å². The van der Waals surface area contributed by atoms with E-state index in [-0.39, 0.29) is 11.9 Å². The van der Waals surface area contributed by atoms with Crippen LogP contribution in [0.25, 0.3) is 0 Å². The lowest BCUT2D eigenvalue weighted by molar-refractivity contribution is 0.0681. The van der Waals surface area contributed by atoms with Crippen LogP contribution in [0.2, 0.25) is 0 Å². The lowest BCUT2D eigenvalue weighted by Gasteiger charge is -2.30. The topological polar surface area (TPSA) is 33.2 Å². The van der Waals surface area contributed by atoms with Crippen molar-refractivity contribution in [3.8, 4) is 0 Å². The number of amides is 1. The average Bonchev–Trinajstić information content (AvgIpc) is 3.01.